The van der Waals surface area contributed by atoms with Gasteiger partial charge in [0.1, 0.15) is 18.2 Å². The molecule has 0 radical (unpaired) electrons. The molecular weight excluding hydrogens is 389 g/mol. The number of ether oxygens (including phenoxy) is 1. The maximum absolute atomic E-state index is 12.9. The summed E-state index contributed by atoms with van der Waals surface area (Å²) in [6.07, 6.45) is 3.52. The van der Waals surface area contributed by atoms with Gasteiger partial charge >= 0.3 is 0 Å². The maximum atomic E-state index is 12.9. The Bertz CT molecular complexity index is 854. The van der Waals surface area contributed by atoms with E-state index in [1.165, 1.54) is 30.5 Å². The molecular formula is C26H34FN3O. The van der Waals surface area contributed by atoms with Gasteiger partial charge in [0.05, 0.1) is 11.6 Å². The molecule has 0 spiro atoms. The molecule has 1 aliphatic heterocycles. The van der Waals surface area contributed by atoms with E-state index in [0.717, 1.165) is 62.6 Å². The van der Waals surface area contributed by atoms with Crippen LogP contribution in [-0.2, 0) is 0 Å². The second kappa shape index (κ2) is 11.8. The zero-order chi connectivity index (χ0) is 22.1. The molecule has 4 nitrogen and oxygen atoms in total. The van der Waals surface area contributed by atoms with Crippen LogP contribution in [0.2, 0.25) is 0 Å². The highest BCUT2D eigenvalue weighted by atomic mass is 19.1. The molecule has 2 aromatic rings. The predicted molar refractivity (Wildman–Crippen MR) is 123 cm³/mol. The van der Waals surface area contributed by atoms with Crippen molar-refractivity contribution in [3.8, 4) is 11.8 Å². The quantitative estimate of drug-likeness (QED) is 0.541. The normalized spacial score (nSPS) is 16.1. The lowest BCUT2D eigenvalue weighted by atomic mass is 9.90. The Hall–Kier alpha value is -2.42. The third kappa shape index (κ3) is 7.05. The fourth-order valence-corrected chi connectivity index (χ4v) is 4.29. The number of piperazine rings is 1. The first kappa shape index (κ1) is 23.2. The molecule has 5 heteroatoms. The fourth-order valence-electron chi connectivity index (χ4n) is 4.29. The minimum absolute atomic E-state index is 0.235. The second-order valence-electron chi connectivity index (χ2n) is 8.42. The van der Waals surface area contributed by atoms with Crippen molar-refractivity contribution in [2.75, 3.05) is 45.9 Å². The predicted octanol–water partition coefficient (Wildman–Crippen LogP) is 4.98. The Labute approximate surface area is 186 Å². The molecule has 1 atom stereocenters. The van der Waals surface area contributed by atoms with Crippen LogP contribution >= 0.6 is 0 Å². The van der Waals surface area contributed by atoms with Crippen LogP contribution in [-0.4, -0.2) is 55.7 Å². The topological polar surface area (TPSA) is 39.5 Å². The number of aryl methyl sites for hydroxylation is 1. The molecule has 1 heterocycles. The van der Waals surface area contributed by atoms with E-state index in [4.69, 9.17) is 10.00 Å². The SMILES string of the molecule is CCC(CCCN1CCN(CCOc2ccc(F)cc2)CC1)c1ccc(C#N)c(C)c1. The summed E-state index contributed by atoms with van der Waals surface area (Å²) < 4.78 is 18.7. The number of halogens is 1. The molecule has 0 aromatic heterocycles. The summed E-state index contributed by atoms with van der Waals surface area (Å²) in [5.41, 5.74) is 3.22. The van der Waals surface area contributed by atoms with Gasteiger partial charge in [-0.1, -0.05) is 19.1 Å². The Morgan fingerprint density at radius 2 is 1.71 bits per heavy atom. The van der Waals surface area contributed by atoms with Crippen molar-refractivity contribution in [3.63, 3.8) is 0 Å². The van der Waals surface area contributed by atoms with Crippen LogP contribution in [0.1, 0.15) is 48.8 Å². The van der Waals surface area contributed by atoms with E-state index in [-0.39, 0.29) is 5.82 Å². The van der Waals surface area contributed by atoms with Crippen LogP contribution in [0.25, 0.3) is 0 Å². The van der Waals surface area contributed by atoms with E-state index in [2.05, 4.69) is 34.9 Å². The molecule has 166 valence electrons. The first-order chi connectivity index (χ1) is 15.1. The monoisotopic (exact) mass is 423 g/mol. The summed E-state index contributed by atoms with van der Waals surface area (Å²) >= 11 is 0. The summed E-state index contributed by atoms with van der Waals surface area (Å²) in [4.78, 5) is 5.00. The molecule has 2 aromatic carbocycles. The Morgan fingerprint density at radius 1 is 1.03 bits per heavy atom. The van der Waals surface area contributed by atoms with Crippen LogP contribution in [0.4, 0.5) is 4.39 Å². The van der Waals surface area contributed by atoms with Crippen molar-refractivity contribution < 1.29 is 9.13 Å². The van der Waals surface area contributed by atoms with Gasteiger partial charge in [-0.15, -0.1) is 0 Å². The van der Waals surface area contributed by atoms with Gasteiger partial charge in [0.15, 0.2) is 0 Å². The van der Waals surface area contributed by atoms with E-state index in [1.807, 2.05) is 13.0 Å². The lowest BCUT2D eigenvalue weighted by Gasteiger charge is -2.34. The van der Waals surface area contributed by atoms with Gasteiger partial charge < -0.3 is 9.64 Å². The van der Waals surface area contributed by atoms with Crippen LogP contribution in [0.5, 0.6) is 5.75 Å². The van der Waals surface area contributed by atoms with E-state index < -0.39 is 0 Å². The number of nitrogens with zero attached hydrogens (tertiary/aromatic N) is 3. The average Bonchev–Trinajstić information content (AvgIpc) is 2.79. The van der Waals surface area contributed by atoms with E-state index in [0.29, 0.717) is 12.5 Å². The van der Waals surface area contributed by atoms with Crippen LogP contribution in [0.3, 0.4) is 0 Å². The standard InChI is InChI=1S/C26H34FN3O/c1-3-22(23-6-7-24(20-28)21(2)19-23)5-4-12-29-13-15-30(16-14-29)17-18-31-26-10-8-25(27)9-11-26/h6-11,19,22H,3-5,12-18H2,1-2H3. The molecule has 0 saturated carbocycles. The zero-order valence-corrected chi connectivity index (χ0v) is 18.8. The van der Waals surface area contributed by atoms with Gasteiger partial charge in [-0.3, -0.25) is 4.90 Å². The van der Waals surface area contributed by atoms with Crippen LogP contribution in [0.15, 0.2) is 42.5 Å². The number of nitriles is 1. The molecule has 1 saturated heterocycles. The third-order valence-corrected chi connectivity index (χ3v) is 6.32. The summed E-state index contributed by atoms with van der Waals surface area (Å²) in [7, 11) is 0. The first-order valence-corrected chi connectivity index (χ1v) is 11.4. The third-order valence-electron chi connectivity index (χ3n) is 6.32. The maximum Gasteiger partial charge on any atom is 0.123 e. The van der Waals surface area contributed by atoms with Crippen molar-refractivity contribution in [1.29, 1.82) is 5.26 Å². The zero-order valence-electron chi connectivity index (χ0n) is 18.8. The highest BCUT2D eigenvalue weighted by Crippen LogP contribution is 2.26. The second-order valence-corrected chi connectivity index (χ2v) is 8.42. The molecule has 1 unspecified atom stereocenters. The fraction of sp³-hybridized carbons (Fsp3) is 0.500. The Balaban J connectivity index is 1.33. The van der Waals surface area contributed by atoms with Crippen LogP contribution in [0, 0.1) is 24.1 Å². The number of hydrogen-bond donors (Lipinski definition) is 0. The lowest BCUT2D eigenvalue weighted by Crippen LogP contribution is -2.47. The molecule has 0 N–H and O–H groups in total. The first-order valence-electron chi connectivity index (χ1n) is 11.4. The smallest absolute Gasteiger partial charge is 0.123 e. The molecule has 0 aliphatic carbocycles. The molecule has 0 amide bonds. The summed E-state index contributed by atoms with van der Waals surface area (Å²) in [5.74, 6) is 1.06. The van der Waals surface area contributed by atoms with Crippen LogP contribution < -0.4 is 4.74 Å². The van der Waals surface area contributed by atoms with Gasteiger partial charge in [-0.25, -0.2) is 4.39 Å². The van der Waals surface area contributed by atoms with E-state index in [1.54, 1.807) is 12.1 Å². The van der Waals surface area contributed by atoms with Gasteiger partial charge in [0.2, 0.25) is 0 Å². The summed E-state index contributed by atoms with van der Waals surface area (Å²) in [6, 6.07) is 14.8. The molecule has 0 bridgehead atoms. The average molecular weight is 424 g/mol. The molecule has 1 aliphatic rings. The number of rotatable bonds is 10. The van der Waals surface area contributed by atoms with Gasteiger partial charge in [-0.2, -0.15) is 5.26 Å². The lowest BCUT2D eigenvalue weighted by molar-refractivity contribution is 0.115. The van der Waals surface area contributed by atoms with Crippen molar-refractivity contribution in [2.24, 2.45) is 0 Å². The van der Waals surface area contributed by atoms with Crippen molar-refractivity contribution in [3.05, 3.63) is 65.0 Å². The van der Waals surface area contributed by atoms with E-state index in [9.17, 15) is 4.39 Å². The number of hydrogen-bond acceptors (Lipinski definition) is 4. The van der Waals surface area contributed by atoms with Crippen molar-refractivity contribution >= 4 is 0 Å². The Morgan fingerprint density at radius 3 is 2.32 bits per heavy atom. The van der Waals surface area contributed by atoms with Crippen molar-refractivity contribution in [2.45, 2.75) is 39.0 Å². The largest absolute Gasteiger partial charge is 0.492 e. The van der Waals surface area contributed by atoms with Crippen molar-refractivity contribution in [1.82, 2.24) is 9.80 Å². The molecule has 3 rings (SSSR count). The van der Waals surface area contributed by atoms with Gasteiger partial charge in [0.25, 0.3) is 0 Å². The summed E-state index contributed by atoms with van der Waals surface area (Å²) in [5, 5.41) is 9.14. The molecule has 1 fully saturated rings. The van der Waals surface area contributed by atoms with Gasteiger partial charge in [0, 0.05) is 32.7 Å². The molecule has 31 heavy (non-hydrogen) atoms. The highest BCUT2D eigenvalue weighted by molar-refractivity contribution is 5.40. The summed E-state index contributed by atoms with van der Waals surface area (Å²) in [6.45, 7) is 11.3. The number of benzene rings is 2. The van der Waals surface area contributed by atoms with Gasteiger partial charge in [-0.05, 0) is 80.1 Å². The highest BCUT2D eigenvalue weighted by Gasteiger charge is 2.17. The Kier molecular flexibility index (Phi) is 8.87. The minimum Gasteiger partial charge on any atom is -0.492 e. The minimum atomic E-state index is -0.235. The van der Waals surface area contributed by atoms with E-state index >= 15 is 0 Å².